The number of hydrogen-bond donors (Lipinski definition) is 1. The molecule has 2 aliphatic rings. The van der Waals surface area contributed by atoms with Gasteiger partial charge in [0.1, 0.15) is 6.10 Å². The SMILES string of the molecule is CN1CCC(OC(=O)CN2CCNCC2)CC1. The summed E-state index contributed by atoms with van der Waals surface area (Å²) in [5.74, 6) is -0.0542. The van der Waals surface area contributed by atoms with E-state index in [4.69, 9.17) is 4.74 Å². The zero-order chi connectivity index (χ0) is 12.1. The van der Waals surface area contributed by atoms with Gasteiger partial charge >= 0.3 is 5.97 Å². The Hall–Kier alpha value is -0.650. The topological polar surface area (TPSA) is 44.8 Å². The zero-order valence-electron chi connectivity index (χ0n) is 10.7. The Bertz CT molecular complexity index is 246. The minimum Gasteiger partial charge on any atom is -0.461 e. The summed E-state index contributed by atoms with van der Waals surface area (Å²) in [6.07, 6.45) is 2.09. The molecule has 0 aromatic rings. The normalized spacial score (nSPS) is 24.8. The van der Waals surface area contributed by atoms with E-state index in [1.54, 1.807) is 0 Å². The molecule has 0 radical (unpaired) electrons. The molecule has 0 amide bonds. The van der Waals surface area contributed by atoms with Crippen molar-refractivity contribution in [3.8, 4) is 0 Å². The van der Waals surface area contributed by atoms with Crippen LogP contribution in [0, 0.1) is 0 Å². The third kappa shape index (κ3) is 4.26. The van der Waals surface area contributed by atoms with Gasteiger partial charge in [-0.2, -0.15) is 0 Å². The highest BCUT2D eigenvalue weighted by Crippen LogP contribution is 2.12. The van der Waals surface area contributed by atoms with Gasteiger partial charge in [0.15, 0.2) is 0 Å². The van der Waals surface area contributed by atoms with Crippen LogP contribution in [0.15, 0.2) is 0 Å². The molecule has 0 saturated carbocycles. The van der Waals surface area contributed by atoms with Crippen molar-refractivity contribution in [2.75, 3.05) is 52.9 Å². The number of ether oxygens (including phenoxy) is 1. The lowest BCUT2D eigenvalue weighted by Crippen LogP contribution is -2.46. The molecule has 5 nitrogen and oxygen atoms in total. The fraction of sp³-hybridized carbons (Fsp3) is 0.917. The van der Waals surface area contributed by atoms with Crippen LogP contribution >= 0.6 is 0 Å². The molecule has 0 spiro atoms. The first-order valence-electron chi connectivity index (χ1n) is 6.55. The number of esters is 1. The molecule has 0 atom stereocenters. The van der Waals surface area contributed by atoms with Crippen LogP contribution in [-0.2, 0) is 9.53 Å². The van der Waals surface area contributed by atoms with Crippen molar-refractivity contribution in [1.82, 2.24) is 15.1 Å². The van der Waals surface area contributed by atoms with E-state index in [1.807, 2.05) is 0 Å². The van der Waals surface area contributed by atoms with E-state index in [2.05, 4.69) is 22.2 Å². The fourth-order valence-electron chi connectivity index (χ4n) is 2.38. The standard InChI is InChI=1S/C12H23N3O2/c1-14-6-2-11(3-7-14)17-12(16)10-15-8-4-13-5-9-15/h11,13H,2-10H2,1H3. The number of carbonyl (C=O) groups is 1. The molecule has 0 aromatic carbocycles. The van der Waals surface area contributed by atoms with Gasteiger partial charge in [-0.15, -0.1) is 0 Å². The summed E-state index contributed by atoms with van der Waals surface area (Å²) in [6.45, 7) is 6.36. The van der Waals surface area contributed by atoms with Crippen LogP contribution in [0.2, 0.25) is 0 Å². The third-order valence-electron chi connectivity index (χ3n) is 3.53. The van der Waals surface area contributed by atoms with Crippen molar-refractivity contribution in [2.24, 2.45) is 0 Å². The fourth-order valence-corrected chi connectivity index (χ4v) is 2.38. The van der Waals surface area contributed by atoms with E-state index >= 15 is 0 Å². The Labute approximate surface area is 103 Å². The molecule has 2 aliphatic heterocycles. The van der Waals surface area contributed by atoms with Gasteiger partial charge in [0.05, 0.1) is 6.54 Å². The highest BCUT2D eigenvalue weighted by atomic mass is 16.5. The molecular weight excluding hydrogens is 218 g/mol. The van der Waals surface area contributed by atoms with E-state index in [9.17, 15) is 4.79 Å². The molecule has 1 N–H and O–H groups in total. The van der Waals surface area contributed by atoms with Crippen molar-refractivity contribution >= 4 is 5.97 Å². The Morgan fingerprint density at radius 1 is 1.24 bits per heavy atom. The lowest BCUT2D eigenvalue weighted by atomic mass is 10.1. The van der Waals surface area contributed by atoms with E-state index in [0.29, 0.717) is 6.54 Å². The first-order valence-corrected chi connectivity index (χ1v) is 6.55. The lowest BCUT2D eigenvalue weighted by Gasteiger charge is -2.30. The van der Waals surface area contributed by atoms with Gasteiger partial charge in [0.2, 0.25) is 0 Å². The van der Waals surface area contributed by atoms with Crippen molar-refractivity contribution in [3.05, 3.63) is 0 Å². The predicted octanol–water partition coefficient (Wildman–Crippen LogP) is -0.471. The van der Waals surface area contributed by atoms with E-state index in [1.165, 1.54) is 0 Å². The highest BCUT2D eigenvalue weighted by molar-refractivity contribution is 5.71. The maximum absolute atomic E-state index is 11.8. The van der Waals surface area contributed by atoms with Crippen LogP contribution in [0.3, 0.4) is 0 Å². The Morgan fingerprint density at radius 2 is 1.88 bits per heavy atom. The Morgan fingerprint density at radius 3 is 2.53 bits per heavy atom. The summed E-state index contributed by atoms with van der Waals surface area (Å²) in [7, 11) is 2.11. The molecule has 0 aromatic heterocycles. The molecule has 2 saturated heterocycles. The van der Waals surface area contributed by atoms with Gasteiger partial charge in [0.25, 0.3) is 0 Å². The molecule has 2 rings (SSSR count). The van der Waals surface area contributed by atoms with Crippen LogP contribution in [0.5, 0.6) is 0 Å². The summed E-state index contributed by atoms with van der Waals surface area (Å²) in [5.41, 5.74) is 0. The van der Waals surface area contributed by atoms with Crippen molar-refractivity contribution in [2.45, 2.75) is 18.9 Å². The molecule has 98 valence electrons. The van der Waals surface area contributed by atoms with Crippen molar-refractivity contribution in [1.29, 1.82) is 0 Å². The molecular formula is C12H23N3O2. The Balaban J connectivity index is 1.66. The van der Waals surface area contributed by atoms with Crippen LogP contribution in [0.25, 0.3) is 0 Å². The van der Waals surface area contributed by atoms with Gasteiger partial charge in [-0.1, -0.05) is 0 Å². The van der Waals surface area contributed by atoms with E-state index in [0.717, 1.165) is 52.1 Å². The molecule has 0 bridgehead atoms. The quantitative estimate of drug-likeness (QED) is 0.677. The first-order chi connectivity index (χ1) is 8.24. The second-order valence-corrected chi connectivity index (χ2v) is 5.02. The number of hydrogen-bond acceptors (Lipinski definition) is 5. The van der Waals surface area contributed by atoms with Gasteiger partial charge in [0, 0.05) is 39.3 Å². The summed E-state index contributed by atoms with van der Waals surface area (Å²) in [6, 6.07) is 0. The summed E-state index contributed by atoms with van der Waals surface area (Å²) >= 11 is 0. The van der Waals surface area contributed by atoms with Crippen LogP contribution in [0.4, 0.5) is 0 Å². The minimum absolute atomic E-state index is 0.0542. The number of carbonyl (C=O) groups excluding carboxylic acids is 1. The van der Waals surface area contributed by atoms with Crippen LogP contribution < -0.4 is 5.32 Å². The number of piperazine rings is 1. The number of piperidine rings is 1. The smallest absolute Gasteiger partial charge is 0.320 e. The average Bonchev–Trinajstić information content (AvgIpc) is 2.33. The van der Waals surface area contributed by atoms with Gasteiger partial charge < -0.3 is 15.0 Å². The minimum atomic E-state index is -0.0542. The monoisotopic (exact) mass is 241 g/mol. The molecule has 2 fully saturated rings. The average molecular weight is 241 g/mol. The number of likely N-dealkylation sites (tertiary alicyclic amines) is 1. The highest BCUT2D eigenvalue weighted by Gasteiger charge is 2.21. The van der Waals surface area contributed by atoms with Crippen LogP contribution in [0.1, 0.15) is 12.8 Å². The zero-order valence-corrected chi connectivity index (χ0v) is 10.7. The van der Waals surface area contributed by atoms with E-state index < -0.39 is 0 Å². The lowest BCUT2D eigenvalue weighted by molar-refractivity contribution is -0.152. The molecule has 5 heteroatoms. The third-order valence-corrected chi connectivity index (χ3v) is 3.53. The molecule has 17 heavy (non-hydrogen) atoms. The van der Waals surface area contributed by atoms with E-state index in [-0.39, 0.29) is 12.1 Å². The molecule has 0 aliphatic carbocycles. The summed E-state index contributed by atoms with van der Waals surface area (Å²) in [5, 5.41) is 3.27. The second kappa shape index (κ2) is 6.33. The maximum Gasteiger partial charge on any atom is 0.320 e. The summed E-state index contributed by atoms with van der Waals surface area (Å²) in [4.78, 5) is 16.2. The van der Waals surface area contributed by atoms with Crippen molar-refractivity contribution < 1.29 is 9.53 Å². The largest absolute Gasteiger partial charge is 0.461 e. The van der Waals surface area contributed by atoms with Crippen LogP contribution in [-0.4, -0.2) is 74.7 Å². The van der Waals surface area contributed by atoms with Gasteiger partial charge in [-0.3, -0.25) is 9.69 Å². The Kier molecular flexibility index (Phi) is 4.76. The number of nitrogens with zero attached hydrogens (tertiary/aromatic N) is 2. The maximum atomic E-state index is 11.8. The van der Waals surface area contributed by atoms with Gasteiger partial charge in [-0.05, 0) is 19.9 Å². The summed E-state index contributed by atoms with van der Waals surface area (Å²) < 4.78 is 5.51. The molecule has 0 unspecified atom stereocenters. The first kappa shape index (κ1) is 12.8. The van der Waals surface area contributed by atoms with Gasteiger partial charge in [-0.25, -0.2) is 0 Å². The van der Waals surface area contributed by atoms with Crippen molar-refractivity contribution in [3.63, 3.8) is 0 Å². The number of rotatable bonds is 3. The molecule has 2 heterocycles. The predicted molar refractivity (Wildman–Crippen MR) is 65.9 cm³/mol. The number of nitrogens with one attached hydrogen (secondary N) is 1. The second-order valence-electron chi connectivity index (χ2n) is 5.02.